The van der Waals surface area contributed by atoms with Gasteiger partial charge in [-0.25, -0.2) is 0 Å². The first-order valence-corrected chi connectivity index (χ1v) is 11.4. The molecule has 3 saturated carbocycles. The second-order valence-corrected chi connectivity index (χ2v) is 10.4. The molecule has 0 heterocycles. The Morgan fingerprint density at radius 3 is 2.72 bits per heavy atom. The molecule has 0 radical (unpaired) electrons. The van der Waals surface area contributed by atoms with Crippen LogP contribution < -0.4 is 0 Å². The Balaban J connectivity index is 1.64. The molecule has 7 atom stereocenters. The number of aliphatic hydroxyl groups excluding tert-OH is 1. The third-order valence-corrected chi connectivity index (χ3v) is 9.28. The van der Waals surface area contributed by atoms with Gasteiger partial charge in [-0.2, -0.15) is 0 Å². The van der Waals surface area contributed by atoms with Gasteiger partial charge in [0.25, 0.3) is 0 Å². The van der Waals surface area contributed by atoms with Crippen molar-refractivity contribution in [2.45, 2.75) is 104 Å². The van der Waals surface area contributed by atoms with E-state index in [1.807, 2.05) is 5.57 Å². The maximum atomic E-state index is 10.7. The molecule has 4 rings (SSSR count). The van der Waals surface area contributed by atoms with Crippen LogP contribution in [0.5, 0.6) is 0 Å². The molecule has 1 nitrogen and oxygen atoms in total. The molecule has 1 heteroatoms. The molecule has 0 bridgehead atoms. The fourth-order valence-electron chi connectivity index (χ4n) is 7.89. The molecule has 0 aromatic heterocycles. The predicted octanol–water partition coefficient (Wildman–Crippen LogP) is 6.51. The van der Waals surface area contributed by atoms with E-state index in [4.69, 9.17) is 0 Å². The van der Waals surface area contributed by atoms with Gasteiger partial charge >= 0.3 is 0 Å². The lowest BCUT2D eigenvalue weighted by Gasteiger charge is -2.60. The van der Waals surface area contributed by atoms with Gasteiger partial charge in [0.1, 0.15) is 0 Å². The van der Waals surface area contributed by atoms with E-state index in [1.165, 1.54) is 70.6 Å². The molecule has 0 aromatic carbocycles. The van der Waals surface area contributed by atoms with Crippen LogP contribution in [0.4, 0.5) is 0 Å². The molecular formula is C24H40O. The van der Waals surface area contributed by atoms with E-state index in [1.54, 1.807) is 0 Å². The van der Waals surface area contributed by atoms with E-state index < -0.39 is 0 Å². The fraction of sp³-hybridized carbons (Fsp3) is 0.917. The van der Waals surface area contributed by atoms with Gasteiger partial charge in [0.15, 0.2) is 0 Å². The van der Waals surface area contributed by atoms with Gasteiger partial charge in [-0.1, -0.05) is 51.7 Å². The third-order valence-electron chi connectivity index (χ3n) is 9.28. The molecular weight excluding hydrogens is 304 g/mol. The van der Waals surface area contributed by atoms with Crippen molar-refractivity contribution in [1.29, 1.82) is 0 Å². The summed E-state index contributed by atoms with van der Waals surface area (Å²) < 4.78 is 0. The van der Waals surface area contributed by atoms with Crippen molar-refractivity contribution in [3.8, 4) is 0 Å². The van der Waals surface area contributed by atoms with Crippen LogP contribution in [-0.4, -0.2) is 11.2 Å². The van der Waals surface area contributed by atoms with Crippen molar-refractivity contribution >= 4 is 0 Å². The molecule has 0 aromatic rings. The topological polar surface area (TPSA) is 20.2 Å². The summed E-state index contributed by atoms with van der Waals surface area (Å²) in [4.78, 5) is 0. The number of hydrogen-bond acceptors (Lipinski definition) is 1. The van der Waals surface area contributed by atoms with E-state index in [2.05, 4.69) is 26.8 Å². The van der Waals surface area contributed by atoms with Crippen molar-refractivity contribution in [3.63, 3.8) is 0 Å². The van der Waals surface area contributed by atoms with Gasteiger partial charge in [0.05, 0.1) is 6.10 Å². The molecule has 3 fully saturated rings. The van der Waals surface area contributed by atoms with Gasteiger partial charge in [-0.3, -0.25) is 0 Å². The lowest BCUT2D eigenvalue weighted by Crippen LogP contribution is -2.52. The van der Waals surface area contributed by atoms with Crippen molar-refractivity contribution < 1.29 is 5.11 Å². The van der Waals surface area contributed by atoms with E-state index in [0.717, 1.165) is 30.1 Å². The summed E-state index contributed by atoms with van der Waals surface area (Å²) in [6.07, 6.45) is 18.8. The molecule has 0 saturated heterocycles. The second kappa shape index (κ2) is 6.70. The number of aliphatic hydroxyl groups is 1. The van der Waals surface area contributed by atoms with Gasteiger partial charge in [0, 0.05) is 0 Å². The molecule has 6 unspecified atom stereocenters. The number of unbranched alkanes of at least 4 members (excludes halogenated alkanes) is 2. The monoisotopic (exact) mass is 344 g/mol. The third kappa shape index (κ3) is 2.75. The maximum absolute atomic E-state index is 10.7. The summed E-state index contributed by atoms with van der Waals surface area (Å²) >= 11 is 0. The number of allylic oxidation sites excluding steroid dienone is 2. The highest BCUT2D eigenvalue weighted by Crippen LogP contribution is 2.66. The van der Waals surface area contributed by atoms with E-state index in [9.17, 15) is 5.11 Å². The molecule has 1 N–H and O–H groups in total. The first kappa shape index (κ1) is 18.1. The molecule has 4 aliphatic rings. The Labute approximate surface area is 155 Å². The van der Waals surface area contributed by atoms with E-state index in [0.29, 0.717) is 5.41 Å². The Morgan fingerprint density at radius 1 is 1.08 bits per heavy atom. The summed E-state index contributed by atoms with van der Waals surface area (Å²) in [5, 5.41) is 10.7. The Morgan fingerprint density at radius 2 is 1.92 bits per heavy atom. The minimum Gasteiger partial charge on any atom is -0.393 e. The van der Waals surface area contributed by atoms with Crippen LogP contribution in [0.15, 0.2) is 11.6 Å². The quantitative estimate of drug-likeness (QED) is 0.455. The summed E-state index contributed by atoms with van der Waals surface area (Å²) in [5.41, 5.74) is 2.58. The van der Waals surface area contributed by atoms with Gasteiger partial charge < -0.3 is 5.11 Å². The fourth-order valence-corrected chi connectivity index (χ4v) is 7.89. The summed E-state index contributed by atoms with van der Waals surface area (Å²) in [6, 6.07) is 0. The van der Waals surface area contributed by atoms with Crippen LogP contribution in [-0.2, 0) is 0 Å². The average molecular weight is 345 g/mol. The average Bonchev–Trinajstić information content (AvgIpc) is 2.90. The minimum atomic E-state index is -0.0342. The van der Waals surface area contributed by atoms with E-state index in [-0.39, 0.29) is 11.5 Å². The van der Waals surface area contributed by atoms with Crippen LogP contribution in [0.2, 0.25) is 0 Å². The predicted molar refractivity (Wildman–Crippen MR) is 105 cm³/mol. The Bertz CT molecular complexity index is 522. The van der Waals surface area contributed by atoms with Crippen LogP contribution in [0.25, 0.3) is 0 Å². The Kier molecular flexibility index (Phi) is 4.84. The Hall–Kier alpha value is -0.300. The normalized spacial score (nSPS) is 49.1. The van der Waals surface area contributed by atoms with Crippen LogP contribution in [0.1, 0.15) is 97.8 Å². The number of hydrogen-bond donors (Lipinski definition) is 1. The lowest BCUT2D eigenvalue weighted by molar-refractivity contribution is -0.0832. The second-order valence-electron chi connectivity index (χ2n) is 10.4. The van der Waals surface area contributed by atoms with E-state index >= 15 is 0 Å². The summed E-state index contributed by atoms with van der Waals surface area (Å²) in [5.74, 6) is 3.40. The molecule has 0 aliphatic heterocycles. The van der Waals surface area contributed by atoms with Gasteiger partial charge in [-0.15, -0.1) is 0 Å². The molecule has 142 valence electrons. The van der Waals surface area contributed by atoms with Gasteiger partial charge in [0.2, 0.25) is 0 Å². The number of rotatable bonds is 4. The molecule has 4 aliphatic carbocycles. The highest BCUT2D eigenvalue weighted by atomic mass is 16.3. The minimum absolute atomic E-state index is 0.0342. The van der Waals surface area contributed by atoms with Crippen molar-refractivity contribution in [1.82, 2.24) is 0 Å². The lowest BCUT2D eigenvalue weighted by atomic mass is 9.45. The zero-order valence-electron chi connectivity index (χ0n) is 16.9. The van der Waals surface area contributed by atoms with Crippen LogP contribution in [0, 0.1) is 34.5 Å². The maximum Gasteiger partial charge on any atom is 0.0596 e. The highest BCUT2D eigenvalue weighted by Gasteiger charge is 2.59. The largest absolute Gasteiger partial charge is 0.393 e. The highest BCUT2D eigenvalue weighted by molar-refractivity contribution is 5.26. The smallest absolute Gasteiger partial charge is 0.0596 e. The molecule has 0 amide bonds. The zero-order chi connectivity index (χ0) is 17.7. The zero-order valence-corrected chi connectivity index (χ0v) is 16.9. The summed E-state index contributed by atoms with van der Waals surface area (Å²) in [6.45, 7) is 7.38. The van der Waals surface area contributed by atoms with Crippen LogP contribution >= 0.6 is 0 Å². The van der Waals surface area contributed by atoms with Crippen molar-refractivity contribution in [3.05, 3.63) is 11.6 Å². The standard InChI is InChI=1S/C24H40O/c1-4-5-6-9-17-16-18-20-11-12-22(25)24(20,3)15-13-21(18)23(2)14-8-7-10-19(17)23/h10,17-18,20-22,25H,4-9,11-16H2,1-3H3/t17-,18?,20?,21?,22?,23?,24?/m1/s1. The van der Waals surface area contributed by atoms with Crippen molar-refractivity contribution in [2.24, 2.45) is 34.5 Å². The molecule has 25 heavy (non-hydrogen) atoms. The van der Waals surface area contributed by atoms with Crippen LogP contribution in [0.3, 0.4) is 0 Å². The first-order chi connectivity index (χ1) is 12.0. The van der Waals surface area contributed by atoms with Gasteiger partial charge in [-0.05, 0) is 92.3 Å². The summed E-state index contributed by atoms with van der Waals surface area (Å²) in [7, 11) is 0. The SMILES string of the molecule is CCCCC[C@@H]1CC2C(CCC3(C)C(O)CCC23)C2(C)CCCC=C12. The number of fused-ring (bicyclic) bond motifs is 5. The van der Waals surface area contributed by atoms with Crippen molar-refractivity contribution in [2.75, 3.05) is 0 Å². The molecule has 0 spiro atoms. The first-order valence-electron chi connectivity index (χ1n) is 11.4.